The van der Waals surface area contributed by atoms with Crippen LogP contribution in [0.25, 0.3) is 0 Å². The van der Waals surface area contributed by atoms with Crippen LogP contribution in [0.3, 0.4) is 0 Å². The van der Waals surface area contributed by atoms with E-state index in [0.717, 1.165) is 0 Å². The number of esters is 1. The Balaban J connectivity index is 2.61. The second kappa shape index (κ2) is 6.19. The number of hydrogen-bond acceptors (Lipinski definition) is 4. The Morgan fingerprint density at radius 1 is 1.53 bits per heavy atom. The zero-order valence-corrected chi connectivity index (χ0v) is 9.36. The van der Waals surface area contributed by atoms with Crippen LogP contribution in [0.4, 0.5) is 0 Å². The number of nitrogens with zero attached hydrogens (tertiary/aromatic N) is 1. The van der Waals surface area contributed by atoms with Gasteiger partial charge in [-0.05, 0) is 18.2 Å². The number of carbonyl (C=O) groups is 1. The summed E-state index contributed by atoms with van der Waals surface area (Å²) in [5.41, 5.74) is 0.832. The molecule has 0 aliphatic rings. The molecule has 1 aromatic rings. The van der Waals surface area contributed by atoms with E-state index in [-0.39, 0.29) is 23.9 Å². The molecule has 0 radical (unpaired) electrons. The minimum Gasteiger partial charge on any atom is -0.507 e. The molecule has 4 nitrogen and oxygen atoms in total. The first-order chi connectivity index (χ1) is 8.13. The Morgan fingerprint density at radius 3 is 2.94 bits per heavy atom. The lowest BCUT2D eigenvalue weighted by atomic mass is 10.1. The lowest BCUT2D eigenvalue weighted by Crippen LogP contribution is -1.98. The van der Waals surface area contributed by atoms with Gasteiger partial charge in [-0.25, -0.2) is 0 Å². The van der Waals surface area contributed by atoms with Crippen molar-refractivity contribution in [3.63, 3.8) is 0 Å². The van der Waals surface area contributed by atoms with Crippen LogP contribution in [0.5, 0.6) is 5.75 Å². The third-order valence-electron chi connectivity index (χ3n) is 1.88. The molecule has 1 rings (SSSR count). The van der Waals surface area contributed by atoms with E-state index in [4.69, 9.17) is 10.00 Å². The third kappa shape index (κ3) is 4.27. The van der Waals surface area contributed by atoms with Crippen LogP contribution >= 0.6 is 0 Å². The Bertz CT molecular complexity index is 518. The Labute approximate surface area is 99.4 Å². The molecule has 0 heterocycles. The van der Waals surface area contributed by atoms with Gasteiger partial charge in [0.25, 0.3) is 0 Å². The smallest absolute Gasteiger partial charge is 0.302 e. The largest absolute Gasteiger partial charge is 0.507 e. The first-order valence-electron chi connectivity index (χ1n) is 4.99. The molecule has 0 saturated heterocycles. The summed E-state index contributed by atoms with van der Waals surface area (Å²) in [5.74, 6) is 5.24. The van der Waals surface area contributed by atoms with Crippen LogP contribution in [-0.4, -0.2) is 17.7 Å². The molecule has 1 aromatic carbocycles. The van der Waals surface area contributed by atoms with Crippen molar-refractivity contribution < 1.29 is 14.6 Å². The van der Waals surface area contributed by atoms with Gasteiger partial charge in [0.05, 0.1) is 5.56 Å². The maximum Gasteiger partial charge on any atom is 0.302 e. The normalized spacial score (nSPS) is 8.71. The van der Waals surface area contributed by atoms with Crippen molar-refractivity contribution in [2.45, 2.75) is 13.3 Å². The first-order valence-corrected chi connectivity index (χ1v) is 4.99. The number of rotatable bonds is 2. The van der Waals surface area contributed by atoms with E-state index in [1.807, 2.05) is 6.07 Å². The zero-order chi connectivity index (χ0) is 12.7. The molecule has 0 amide bonds. The van der Waals surface area contributed by atoms with E-state index in [9.17, 15) is 9.90 Å². The van der Waals surface area contributed by atoms with Gasteiger partial charge >= 0.3 is 5.97 Å². The summed E-state index contributed by atoms with van der Waals surface area (Å²) >= 11 is 0. The Kier molecular flexibility index (Phi) is 4.59. The summed E-state index contributed by atoms with van der Waals surface area (Å²) in [6.07, 6.45) is 0.433. The van der Waals surface area contributed by atoms with Gasteiger partial charge in [-0.3, -0.25) is 4.79 Å². The van der Waals surface area contributed by atoms with Gasteiger partial charge in [0, 0.05) is 18.9 Å². The van der Waals surface area contributed by atoms with Crippen molar-refractivity contribution in [3.8, 4) is 23.7 Å². The molecule has 0 aliphatic heterocycles. The van der Waals surface area contributed by atoms with Crippen molar-refractivity contribution >= 4 is 5.97 Å². The highest BCUT2D eigenvalue weighted by molar-refractivity contribution is 5.65. The molecule has 0 bridgehead atoms. The zero-order valence-electron chi connectivity index (χ0n) is 9.36. The number of phenols is 1. The minimum atomic E-state index is -0.330. The predicted molar refractivity (Wildman–Crippen MR) is 60.9 cm³/mol. The molecule has 0 spiro atoms. The fourth-order valence-electron chi connectivity index (χ4n) is 1.11. The highest BCUT2D eigenvalue weighted by Crippen LogP contribution is 2.16. The molecule has 0 atom stereocenters. The van der Waals surface area contributed by atoms with Crippen molar-refractivity contribution in [3.05, 3.63) is 29.3 Å². The Hall–Kier alpha value is -2.46. The van der Waals surface area contributed by atoms with Crippen LogP contribution in [0.15, 0.2) is 18.2 Å². The molecule has 0 aliphatic carbocycles. The predicted octanol–water partition coefficient (Wildman–Crippen LogP) is 1.57. The summed E-state index contributed by atoms with van der Waals surface area (Å²) in [4.78, 5) is 10.5. The second-order valence-corrected chi connectivity index (χ2v) is 3.24. The number of phenolic OH excluding ortho intramolecular Hbond substituents is 1. The molecule has 0 aromatic heterocycles. The monoisotopic (exact) mass is 229 g/mol. The third-order valence-corrected chi connectivity index (χ3v) is 1.88. The topological polar surface area (TPSA) is 70.3 Å². The molecule has 0 unspecified atom stereocenters. The van der Waals surface area contributed by atoms with Crippen molar-refractivity contribution in [2.75, 3.05) is 6.61 Å². The Morgan fingerprint density at radius 2 is 2.29 bits per heavy atom. The van der Waals surface area contributed by atoms with Crippen molar-refractivity contribution in [1.29, 1.82) is 5.26 Å². The number of carbonyl (C=O) groups excluding carboxylic acids is 1. The average molecular weight is 229 g/mol. The molecule has 17 heavy (non-hydrogen) atoms. The van der Waals surface area contributed by atoms with Crippen LogP contribution in [-0.2, 0) is 9.53 Å². The van der Waals surface area contributed by atoms with E-state index in [0.29, 0.717) is 12.0 Å². The van der Waals surface area contributed by atoms with Gasteiger partial charge in [0.2, 0.25) is 0 Å². The molecular formula is C13H11NO3. The van der Waals surface area contributed by atoms with Gasteiger partial charge in [-0.2, -0.15) is 5.26 Å². The average Bonchev–Trinajstić information content (AvgIpc) is 2.30. The number of aromatic hydroxyl groups is 1. The maximum atomic E-state index is 10.5. The summed E-state index contributed by atoms with van der Waals surface area (Å²) in [7, 11) is 0. The van der Waals surface area contributed by atoms with Gasteiger partial charge < -0.3 is 9.84 Å². The quantitative estimate of drug-likeness (QED) is 0.474. The molecule has 0 fully saturated rings. The van der Waals surface area contributed by atoms with Gasteiger partial charge in [-0.1, -0.05) is 11.8 Å². The standard InChI is InChI=1S/C13H11NO3/c1-10(15)17-7-3-2-4-11-5-6-13(16)12(8-11)9-14/h5-6,8,16H,3,7H2,1H3. The summed E-state index contributed by atoms with van der Waals surface area (Å²) in [5, 5.41) is 18.0. The fraction of sp³-hybridized carbons (Fsp3) is 0.231. The van der Waals surface area contributed by atoms with E-state index in [1.54, 1.807) is 6.07 Å². The minimum absolute atomic E-state index is 0.0574. The van der Waals surface area contributed by atoms with Crippen molar-refractivity contribution in [1.82, 2.24) is 0 Å². The maximum absolute atomic E-state index is 10.5. The SMILES string of the molecule is CC(=O)OCCC#Cc1ccc(O)c(C#N)c1. The first kappa shape index (κ1) is 12.6. The highest BCUT2D eigenvalue weighted by atomic mass is 16.5. The van der Waals surface area contributed by atoms with Crippen LogP contribution in [0.1, 0.15) is 24.5 Å². The van der Waals surface area contributed by atoms with Crippen molar-refractivity contribution in [2.24, 2.45) is 0 Å². The number of ether oxygens (including phenoxy) is 1. The number of nitriles is 1. The van der Waals surface area contributed by atoms with Gasteiger partial charge in [0.15, 0.2) is 0 Å². The van der Waals surface area contributed by atoms with Crippen LogP contribution in [0.2, 0.25) is 0 Å². The summed E-state index contributed by atoms with van der Waals surface area (Å²) in [6, 6.07) is 6.42. The molecular weight excluding hydrogens is 218 g/mol. The van der Waals surface area contributed by atoms with E-state index in [1.165, 1.54) is 19.1 Å². The lowest BCUT2D eigenvalue weighted by Gasteiger charge is -1.96. The molecule has 0 saturated carbocycles. The number of benzene rings is 1. The summed E-state index contributed by atoms with van der Waals surface area (Å²) < 4.78 is 4.71. The molecule has 1 N–H and O–H groups in total. The summed E-state index contributed by atoms with van der Waals surface area (Å²) in [6.45, 7) is 1.60. The number of hydrogen-bond donors (Lipinski definition) is 1. The fourth-order valence-corrected chi connectivity index (χ4v) is 1.11. The highest BCUT2D eigenvalue weighted by Gasteiger charge is 1.99. The molecule has 86 valence electrons. The lowest BCUT2D eigenvalue weighted by molar-refractivity contribution is -0.140. The van der Waals surface area contributed by atoms with E-state index < -0.39 is 0 Å². The van der Waals surface area contributed by atoms with Gasteiger partial charge in [-0.15, -0.1) is 0 Å². The van der Waals surface area contributed by atoms with Crippen LogP contribution < -0.4 is 0 Å². The van der Waals surface area contributed by atoms with E-state index >= 15 is 0 Å². The molecule has 4 heteroatoms. The second-order valence-electron chi connectivity index (χ2n) is 3.24. The van der Waals surface area contributed by atoms with Crippen LogP contribution in [0, 0.1) is 23.2 Å². The van der Waals surface area contributed by atoms with Gasteiger partial charge in [0.1, 0.15) is 18.4 Å². The van der Waals surface area contributed by atoms with E-state index in [2.05, 4.69) is 11.8 Å².